The van der Waals surface area contributed by atoms with Crippen LogP contribution in [-0.4, -0.2) is 54.4 Å². The van der Waals surface area contributed by atoms with Crippen molar-refractivity contribution in [1.82, 2.24) is 9.97 Å². The van der Waals surface area contributed by atoms with Gasteiger partial charge in [-0.2, -0.15) is 4.91 Å². The van der Waals surface area contributed by atoms with Crippen LogP contribution in [0.1, 0.15) is 79.7 Å². The summed E-state index contributed by atoms with van der Waals surface area (Å²) < 4.78 is 31.7. The van der Waals surface area contributed by atoms with Crippen LogP contribution in [-0.2, 0) is 19.4 Å². The number of sulfone groups is 1. The SMILES string of the molecule is O=NCC(O)c1cnc(NC(=O)[C@H](CC2CCOCC2)c2ccc(S(=O)(=O)C3CC3)c(C3CC3)c2)cn1. The molecule has 5 rings (SSSR count). The van der Waals surface area contributed by atoms with Gasteiger partial charge >= 0.3 is 0 Å². The smallest absolute Gasteiger partial charge is 0.233 e. The summed E-state index contributed by atoms with van der Waals surface area (Å²) >= 11 is 0. The summed E-state index contributed by atoms with van der Waals surface area (Å²) in [5.74, 6) is 0.0179. The number of carbonyl (C=O) groups excluding carboxylic acids is 1. The fourth-order valence-electron chi connectivity index (χ4n) is 4.98. The largest absolute Gasteiger partial charge is 0.385 e. The number of nitrogens with one attached hydrogen (secondary N) is 1. The van der Waals surface area contributed by atoms with Crippen molar-refractivity contribution in [2.24, 2.45) is 11.1 Å². The summed E-state index contributed by atoms with van der Waals surface area (Å²) in [4.78, 5) is 32.7. The standard InChI is InChI=1S/C26H32N4O6S/c31-23(14-29-33)22-13-28-25(15-27-22)30-26(32)21(11-16-7-9-36-10-8-16)18-3-6-24(20(12-18)17-1-2-17)37(34,35)19-4-5-19/h3,6,12-13,15-17,19,21,23,31H,1-2,4-5,7-11,14H2,(H,28,30,32)/t21-,23?/m1/s1. The highest BCUT2D eigenvalue weighted by Gasteiger charge is 2.41. The molecule has 2 aliphatic carbocycles. The van der Waals surface area contributed by atoms with Crippen molar-refractivity contribution in [3.63, 3.8) is 0 Å². The first-order chi connectivity index (χ1) is 17.9. The van der Waals surface area contributed by atoms with E-state index in [1.807, 2.05) is 6.07 Å². The van der Waals surface area contributed by atoms with Gasteiger partial charge in [0, 0.05) is 13.2 Å². The maximum absolute atomic E-state index is 13.6. The van der Waals surface area contributed by atoms with E-state index in [0.29, 0.717) is 43.3 Å². The second-order valence-corrected chi connectivity index (χ2v) is 12.5. The molecule has 0 spiro atoms. The quantitative estimate of drug-likeness (QED) is 0.420. The van der Waals surface area contributed by atoms with Gasteiger partial charge < -0.3 is 15.2 Å². The number of hydrogen-bond donors (Lipinski definition) is 2. The van der Waals surface area contributed by atoms with Crippen molar-refractivity contribution in [2.75, 3.05) is 25.1 Å². The molecule has 10 nitrogen and oxygen atoms in total. The Labute approximate surface area is 216 Å². The minimum atomic E-state index is -3.34. The number of nitroso groups, excluding NO2 is 1. The molecule has 2 saturated carbocycles. The lowest BCUT2D eigenvalue weighted by atomic mass is 9.83. The molecule has 0 radical (unpaired) electrons. The highest BCUT2D eigenvalue weighted by Crippen LogP contribution is 2.46. The van der Waals surface area contributed by atoms with E-state index in [9.17, 15) is 23.2 Å². The van der Waals surface area contributed by atoms with Gasteiger partial charge in [-0.15, -0.1) is 0 Å². The van der Waals surface area contributed by atoms with E-state index in [1.54, 1.807) is 12.1 Å². The summed E-state index contributed by atoms with van der Waals surface area (Å²) in [5, 5.41) is 15.1. The normalized spacial score (nSPS) is 20.2. The van der Waals surface area contributed by atoms with Crippen molar-refractivity contribution in [3.8, 4) is 0 Å². The zero-order chi connectivity index (χ0) is 26.0. The fourth-order valence-corrected chi connectivity index (χ4v) is 6.90. The van der Waals surface area contributed by atoms with Crippen LogP contribution in [0.3, 0.4) is 0 Å². The van der Waals surface area contributed by atoms with Crippen LogP contribution >= 0.6 is 0 Å². The van der Waals surface area contributed by atoms with Gasteiger partial charge in [-0.3, -0.25) is 9.78 Å². The van der Waals surface area contributed by atoms with E-state index in [2.05, 4.69) is 20.5 Å². The molecule has 37 heavy (non-hydrogen) atoms. The van der Waals surface area contributed by atoms with Gasteiger partial charge in [0.25, 0.3) is 0 Å². The van der Waals surface area contributed by atoms with Gasteiger partial charge in [0.05, 0.1) is 34.2 Å². The molecular formula is C26H32N4O6S. The van der Waals surface area contributed by atoms with Crippen molar-refractivity contribution in [3.05, 3.63) is 52.3 Å². The van der Waals surface area contributed by atoms with Crippen molar-refractivity contribution >= 4 is 21.6 Å². The minimum absolute atomic E-state index is 0.192. The molecule has 0 bridgehead atoms. The maximum Gasteiger partial charge on any atom is 0.233 e. The molecule has 1 saturated heterocycles. The molecule has 1 aromatic carbocycles. The number of anilines is 1. The molecule has 2 N–H and O–H groups in total. The number of aromatic nitrogens is 2. The number of carbonyl (C=O) groups is 1. The molecule has 1 aliphatic heterocycles. The number of aliphatic hydroxyl groups is 1. The van der Waals surface area contributed by atoms with E-state index < -0.39 is 21.9 Å². The van der Waals surface area contributed by atoms with Crippen LogP contribution in [0.4, 0.5) is 5.82 Å². The van der Waals surface area contributed by atoms with E-state index >= 15 is 0 Å². The van der Waals surface area contributed by atoms with Gasteiger partial charge in [-0.1, -0.05) is 17.3 Å². The predicted molar refractivity (Wildman–Crippen MR) is 136 cm³/mol. The van der Waals surface area contributed by atoms with Gasteiger partial charge in [-0.25, -0.2) is 13.4 Å². The van der Waals surface area contributed by atoms with Gasteiger partial charge in [-0.05, 0) is 74.0 Å². The Hall–Kier alpha value is -2.76. The Kier molecular flexibility index (Phi) is 7.64. The molecule has 198 valence electrons. The summed E-state index contributed by atoms with van der Waals surface area (Å²) in [7, 11) is -3.34. The maximum atomic E-state index is 13.6. The summed E-state index contributed by atoms with van der Waals surface area (Å²) in [6.45, 7) is 0.995. The van der Waals surface area contributed by atoms with Gasteiger partial charge in [0.2, 0.25) is 5.91 Å². The number of ether oxygens (including phenoxy) is 1. The van der Waals surface area contributed by atoms with E-state index in [4.69, 9.17) is 4.74 Å². The molecule has 2 aromatic rings. The van der Waals surface area contributed by atoms with Crippen LogP contribution in [0.2, 0.25) is 0 Å². The third-order valence-corrected chi connectivity index (χ3v) is 9.80. The molecule has 1 aromatic heterocycles. The lowest BCUT2D eigenvalue weighted by Gasteiger charge is -2.27. The van der Waals surface area contributed by atoms with Crippen LogP contribution in [0.15, 0.2) is 40.7 Å². The minimum Gasteiger partial charge on any atom is -0.385 e. The third-order valence-electron chi connectivity index (χ3n) is 7.46. The Balaban J connectivity index is 1.41. The van der Waals surface area contributed by atoms with Crippen LogP contribution in [0.25, 0.3) is 0 Å². The summed E-state index contributed by atoms with van der Waals surface area (Å²) in [6, 6.07) is 5.44. The first kappa shape index (κ1) is 25.9. The number of amides is 1. The first-order valence-corrected chi connectivity index (χ1v) is 14.5. The average Bonchev–Trinajstić information content (AvgIpc) is 3.81. The number of rotatable bonds is 11. The number of hydrogen-bond acceptors (Lipinski definition) is 9. The first-order valence-electron chi connectivity index (χ1n) is 12.9. The molecule has 2 atom stereocenters. The number of nitrogens with zero attached hydrogens (tertiary/aromatic N) is 3. The predicted octanol–water partition coefficient (Wildman–Crippen LogP) is 3.63. The molecule has 3 aliphatic rings. The molecule has 2 heterocycles. The highest BCUT2D eigenvalue weighted by molar-refractivity contribution is 7.92. The molecule has 1 amide bonds. The lowest BCUT2D eigenvalue weighted by molar-refractivity contribution is -0.118. The van der Waals surface area contributed by atoms with E-state index in [-0.39, 0.29) is 35.1 Å². The zero-order valence-corrected chi connectivity index (χ0v) is 21.4. The Morgan fingerprint density at radius 1 is 1.11 bits per heavy atom. The molecular weight excluding hydrogens is 496 g/mol. The van der Waals surface area contributed by atoms with Crippen molar-refractivity contribution in [2.45, 2.75) is 73.0 Å². The van der Waals surface area contributed by atoms with Gasteiger partial charge in [0.1, 0.15) is 12.6 Å². The van der Waals surface area contributed by atoms with Crippen molar-refractivity contribution in [1.29, 1.82) is 0 Å². The van der Waals surface area contributed by atoms with Crippen molar-refractivity contribution < 1.29 is 23.1 Å². The van der Waals surface area contributed by atoms with Crippen LogP contribution in [0.5, 0.6) is 0 Å². The van der Waals surface area contributed by atoms with Crippen LogP contribution < -0.4 is 5.32 Å². The van der Waals surface area contributed by atoms with Gasteiger partial charge in [0.15, 0.2) is 15.7 Å². The highest BCUT2D eigenvalue weighted by atomic mass is 32.2. The number of aliphatic hydroxyl groups excluding tert-OH is 1. The van der Waals surface area contributed by atoms with E-state index in [1.165, 1.54) is 12.4 Å². The molecule has 11 heteroatoms. The lowest BCUT2D eigenvalue weighted by Crippen LogP contribution is -2.26. The number of benzene rings is 1. The molecule has 1 unspecified atom stereocenters. The fraction of sp³-hybridized carbons (Fsp3) is 0.577. The monoisotopic (exact) mass is 528 g/mol. The second kappa shape index (κ2) is 10.9. The second-order valence-electron chi connectivity index (χ2n) is 10.3. The van der Waals surface area contributed by atoms with Crippen LogP contribution in [0, 0.1) is 10.8 Å². The summed E-state index contributed by atoms with van der Waals surface area (Å²) in [6.07, 6.45) is 7.19. The Morgan fingerprint density at radius 2 is 1.86 bits per heavy atom. The molecule has 3 fully saturated rings. The average molecular weight is 529 g/mol. The third kappa shape index (κ3) is 6.05. The Bertz CT molecular complexity index is 1240. The zero-order valence-electron chi connectivity index (χ0n) is 20.6. The Morgan fingerprint density at radius 3 is 2.49 bits per heavy atom. The van der Waals surface area contributed by atoms with E-state index in [0.717, 1.165) is 36.8 Å². The topological polar surface area (TPSA) is 148 Å². The summed E-state index contributed by atoms with van der Waals surface area (Å²) in [5.41, 5.74) is 1.84.